The van der Waals surface area contributed by atoms with Crippen molar-refractivity contribution >= 4 is 29.6 Å². The fourth-order valence-electron chi connectivity index (χ4n) is 2.92. The van der Waals surface area contributed by atoms with E-state index >= 15 is 0 Å². The number of anilines is 1. The van der Waals surface area contributed by atoms with Gasteiger partial charge < -0.3 is 19.7 Å². The minimum atomic E-state index is -0.549. The first kappa shape index (κ1) is 22.1. The van der Waals surface area contributed by atoms with Gasteiger partial charge >= 0.3 is 6.03 Å². The number of nitrogens with zero attached hydrogens (tertiary/aromatic N) is 4. The molecule has 1 aromatic heterocycles. The maximum absolute atomic E-state index is 12.2. The van der Waals surface area contributed by atoms with E-state index in [4.69, 9.17) is 9.47 Å². The fourth-order valence-corrected chi connectivity index (χ4v) is 3.67. The third-order valence-electron chi connectivity index (χ3n) is 4.35. The summed E-state index contributed by atoms with van der Waals surface area (Å²) in [7, 11) is 1.54. The van der Waals surface area contributed by atoms with Crippen molar-refractivity contribution in [3.8, 4) is 5.69 Å². The van der Waals surface area contributed by atoms with Gasteiger partial charge in [0.1, 0.15) is 0 Å². The Bertz CT molecular complexity index is 868. The molecule has 0 radical (unpaired) electrons. The summed E-state index contributed by atoms with van der Waals surface area (Å²) in [6.45, 7) is 5.42. The minimum Gasteiger partial charge on any atom is -0.383 e. The quantitative estimate of drug-likeness (QED) is 0.467. The summed E-state index contributed by atoms with van der Waals surface area (Å²) in [5, 5.41) is 14.1. The van der Waals surface area contributed by atoms with Gasteiger partial charge in [-0.3, -0.25) is 14.7 Å². The van der Waals surface area contributed by atoms with Crippen molar-refractivity contribution in [3.05, 3.63) is 29.8 Å². The molecule has 1 aliphatic heterocycles. The van der Waals surface area contributed by atoms with Crippen LogP contribution in [0.3, 0.4) is 0 Å². The average molecular weight is 435 g/mol. The Morgan fingerprint density at radius 1 is 1.27 bits per heavy atom. The van der Waals surface area contributed by atoms with Gasteiger partial charge in [0.25, 0.3) is 0 Å². The molecule has 30 heavy (non-hydrogen) atoms. The standard InChI is InChI=1S/C19H26N6O4S/c1-14-4-3-5-15(12-14)25-18(24-7-10-29-11-8-24)22-23-19(25)30-13-16(26)21-17(27)20-6-9-28-2/h3-5,12H,6-11,13H2,1-2H3,(H2,20,21,26,27). The van der Waals surface area contributed by atoms with Gasteiger partial charge in [-0.25, -0.2) is 4.79 Å². The smallest absolute Gasteiger partial charge is 0.321 e. The lowest BCUT2D eigenvalue weighted by Crippen LogP contribution is -2.41. The number of hydrogen-bond acceptors (Lipinski definition) is 8. The van der Waals surface area contributed by atoms with Gasteiger partial charge in [0.05, 0.1) is 31.3 Å². The first-order chi connectivity index (χ1) is 14.6. The maximum Gasteiger partial charge on any atom is 0.321 e. The van der Waals surface area contributed by atoms with Crippen molar-refractivity contribution in [1.82, 2.24) is 25.4 Å². The second kappa shape index (κ2) is 11.0. The van der Waals surface area contributed by atoms with Crippen molar-refractivity contribution in [2.45, 2.75) is 12.1 Å². The first-order valence-electron chi connectivity index (χ1n) is 9.63. The number of hydrogen-bond donors (Lipinski definition) is 2. The third-order valence-corrected chi connectivity index (χ3v) is 5.28. The molecule has 2 heterocycles. The van der Waals surface area contributed by atoms with Crippen LogP contribution in [-0.4, -0.2) is 79.0 Å². The molecule has 3 rings (SSSR count). The Kier molecular flexibility index (Phi) is 8.05. The Hall–Kier alpha value is -2.63. The number of nitrogens with one attached hydrogen (secondary N) is 2. The van der Waals surface area contributed by atoms with Crippen LogP contribution >= 0.6 is 11.8 Å². The number of aromatic nitrogens is 3. The van der Waals surface area contributed by atoms with Crippen LogP contribution in [0.1, 0.15) is 5.56 Å². The van der Waals surface area contributed by atoms with Gasteiger partial charge in [-0.05, 0) is 24.6 Å². The Morgan fingerprint density at radius 3 is 2.80 bits per heavy atom. The van der Waals surface area contributed by atoms with E-state index in [0.29, 0.717) is 37.5 Å². The van der Waals surface area contributed by atoms with Crippen LogP contribution in [0, 0.1) is 6.92 Å². The lowest BCUT2D eigenvalue weighted by atomic mass is 10.2. The van der Waals surface area contributed by atoms with Gasteiger partial charge in [-0.1, -0.05) is 23.9 Å². The second-order valence-electron chi connectivity index (χ2n) is 6.64. The number of carbonyl (C=O) groups is 2. The van der Waals surface area contributed by atoms with Crippen LogP contribution in [0.4, 0.5) is 10.7 Å². The highest BCUT2D eigenvalue weighted by atomic mass is 32.2. The molecule has 0 saturated carbocycles. The molecule has 3 amide bonds. The number of carbonyl (C=O) groups excluding carboxylic acids is 2. The largest absolute Gasteiger partial charge is 0.383 e. The zero-order chi connectivity index (χ0) is 21.3. The molecule has 0 atom stereocenters. The summed E-state index contributed by atoms with van der Waals surface area (Å²) >= 11 is 1.23. The molecule has 11 heteroatoms. The summed E-state index contributed by atoms with van der Waals surface area (Å²) in [6.07, 6.45) is 0. The van der Waals surface area contributed by atoms with Crippen molar-refractivity contribution in [2.75, 3.05) is 57.2 Å². The van der Waals surface area contributed by atoms with Gasteiger partial charge in [0.2, 0.25) is 11.9 Å². The summed E-state index contributed by atoms with van der Waals surface area (Å²) < 4.78 is 12.2. The van der Waals surface area contributed by atoms with Crippen molar-refractivity contribution in [1.29, 1.82) is 0 Å². The number of aryl methyl sites for hydroxylation is 1. The third kappa shape index (κ3) is 5.94. The molecule has 1 fully saturated rings. The summed E-state index contributed by atoms with van der Waals surface area (Å²) in [6, 6.07) is 7.46. The van der Waals surface area contributed by atoms with Crippen LogP contribution in [0.15, 0.2) is 29.4 Å². The maximum atomic E-state index is 12.2. The van der Waals surface area contributed by atoms with E-state index in [0.717, 1.165) is 24.3 Å². The molecule has 10 nitrogen and oxygen atoms in total. The summed E-state index contributed by atoms with van der Waals surface area (Å²) in [5.74, 6) is 0.329. The Morgan fingerprint density at radius 2 is 2.07 bits per heavy atom. The van der Waals surface area contributed by atoms with Gasteiger partial charge in [-0.15, -0.1) is 10.2 Å². The molecular formula is C19H26N6O4S. The average Bonchev–Trinajstić information content (AvgIpc) is 3.17. The second-order valence-corrected chi connectivity index (χ2v) is 7.58. The number of rotatable bonds is 8. The van der Waals surface area contributed by atoms with E-state index in [1.807, 2.05) is 35.8 Å². The number of benzene rings is 1. The van der Waals surface area contributed by atoms with Crippen molar-refractivity contribution in [2.24, 2.45) is 0 Å². The number of imide groups is 1. The number of amides is 3. The number of methoxy groups -OCH3 is 1. The highest BCUT2D eigenvalue weighted by Crippen LogP contribution is 2.27. The zero-order valence-corrected chi connectivity index (χ0v) is 17.9. The molecule has 2 N–H and O–H groups in total. The van der Waals surface area contributed by atoms with Crippen LogP contribution in [0.2, 0.25) is 0 Å². The van der Waals surface area contributed by atoms with E-state index in [1.165, 1.54) is 18.9 Å². The molecule has 0 spiro atoms. The van der Waals surface area contributed by atoms with E-state index in [1.54, 1.807) is 0 Å². The lowest BCUT2D eigenvalue weighted by Gasteiger charge is -2.28. The van der Waals surface area contributed by atoms with E-state index in [-0.39, 0.29) is 5.75 Å². The predicted molar refractivity (Wildman–Crippen MR) is 113 cm³/mol. The van der Waals surface area contributed by atoms with E-state index < -0.39 is 11.9 Å². The van der Waals surface area contributed by atoms with E-state index in [9.17, 15) is 9.59 Å². The van der Waals surface area contributed by atoms with Crippen LogP contribution in [-0.2, 0) is 14.3 Å². The predicted octanol–water partition coefficient (Wildman–Crippen LogP) is 0.977. The van der Waals surface area contributed by atoms with Gasteiger partial charge in [0.15, 0.2) is 5.16 Å². The van der Waals surface area contributed by atoms with Crippen LogP contribution in [0.25, 0.3) is 5.69 Å². The van der Waals surface area contributed by atoms with Crippen LogP contribution in [0.5, 0.6) is 0 Å². The van der Waals surface area contributed by atoms with Crippen LogP contribution < -0.4 is 15.5 Å². The molecule has 1 saturated heterocycles. The summed E-state index contributed by atoms with van der Waals surface area (Å²) in [5.41, 5.74) is 2.03. The molecule has 1 aliphatic rings. The summed E-state index contributed by atoms with van der Waals surface area (Å²) in [4.78, 5) is 26.0. The van der Waals surface area contributed by atoms with E-state index in [2.05, 4.69) is 25.7 Å². The number of thioether (sulfide) groups is 1. The minimum absolute atomic E-state index is 0.0325. The molecule has 2 aromatic rings. The topological polar surface area (TPSA) is 111 Å². The SMILES string of the molecule is COCCNC(=O)NC(=O)CSc1nnc(N2CCOCC2)n1-c1cccc(C)c1. The number of urea groups is 1. The normalized spacial score (nSPS) is 13.9. The Labute approximate surface area is 179 Å². The molecule has 0 bridgehead atoms. The molecule has 0 unspecified atom stereocenters. The first-order valence-corrected chi connectivity index (χ1v) is 10.6. The highest BCUT2D eigenvalue weighted by molar-refractivity contribution is 7.99. The Balaban J connectivity index is 1.72. The molecule has 1 aromatic carbocycles. The van der Waals surface area contributed by atoms with Crippen molar-refractivity contribution in [3.63, 3.8) is 0 Å². The number of ether oxygens (including phenoxy) is 2. The lowest BCUT2D eigenvalue weighted by molar-refractivity contribution is -0.117. The molecular weight excluding hydrogens is 408 g/mol. The number of morpholine rings is 1. The van der Waals surface area contributed by atoms with Gasteiger partial charge in [0, 0.05) is 26.7 Å². The molecule has 162 valence electrons. The zero-order valence-electron chi connectivity index (χ0n) is 17.1. The monoisotopic (exact) mass is 434 g/mol. The van der Waals surface area contributed by atoms with Gasteiger partial charge in [-0.2, -0.15) is 0 Å². The van der Waals surface area contributed by atoms with Crippen molar-refractivity contribution < 1.29 is 19.1 Å². The molecule has 0 aliphatic carbocycles. The highest BCUT2D eigenvalue weighted by Gasteiger charge is 2.22. The fraction of sp³-hybridized carbons (Fsp3) is 0.474.